The smallest absolute Gasteiger partial charge is 0.148 e. The van der Waals surface area contributed by atoms with Crippen LogP contribution in [0.2, 0.25) is 0 Å². The lowest BCUT2D eigenvalue weighted by molar-refractivity contribution is 0.194. The predicted octanol–water partition coefficient (Wildman–Crippen LogP) is -0.411. The Kier molecular flexibility index (Phi) is 8.83. The predicted molar refractivity (Wildman–Crippen MR) is 66.6 cm³/mol. The summed E-state index contributed by atoms with van der Waals surface area (Å²) in [4.78, 5) is 2.02. The molecule has 0 saturated carbocycles. The van der Waals surface area contributed by atoms with Crippen molar-refractivity contribution < 1.29 is 13.2 Å². The van der Waals surface area contributed by atoms with Gasteiger partial charge >= 0.3 is 0 Å². The third-order valence-electron chi connectivity index (χ3n) is 2.22. The van der Waals surface area contributed by atoms with Crippen LogP contribution in [0.15, 0.2) is 0 Å². The van der Waals surface area contributed by atoms with Gasteiger partial charge in [0, 0.05) is 39.6 Å². The van der Waals surface area contributed by atoms with Crippen LogP contribution >= 0.6 is 0 Å². The Balaban J connectivity index is 3.34. The second-order valence-electron chi connectivity index (χ2n) is 4.03. The van der Waals surface area contributed by atoms with Gasteiger partial charge in [-0.2, -0.15) is 0 Å². The van der Waals surface area contributed by atoms with Crippen LogP contribution < -0.4 is 5.32 Å². The van der Waals surface area contributed by atoms with Crippen LogP contribution in [0.3, 0.4) is 0 Å². The highest BCUT2D eigenvalue weighted by molar-refractivity contribution is 7.90. The van der Waals surface area contributed by atoms with E-state index in [9.17, 15) is 8.42 Å². The van der Waals surface area contributed by atoms with Gasteiger partial charge in [-0.15, -0.1) is 0 Å². The molecule has 98 valence electrons. The maximum absolute atomic E-state index is 10.9. The zero-order chi connectivity index (χ0) is 12.4. The van der Waals surface area contributed by atoms with Crippen molar-refractivity contribution in [3.8, 4) is 0 Å². The van der Waals surface area contributed by atoms with Gasteiger partial charge in [0.1, 0.15) is 9.84 Å². The first-order valence-corrected chi connectivity index (χ1v) is 7.57. The van der Waals surface area contributed by atoms with Gasteiger partial charge in [-0.25, -0.2) is 8.42 Å². The number of methoxy groups -OCH3 is 1. The number of sulfone groups is 1. The van der Waals surface area contributed by atoms with Gasteiger partial charge in [0.15, 0.2) is 0 Å². The van der Waals surface area contributed by atoms with Crippen LogP contribution in [-0.4, -0.2) is 72.3 Å². The van der Waals surface area contributed by atoms with Gasteiger partial charge in [0.2, 0.25) is 0 Å². The fourth-order valence-corrected chi connectivity index (χ4v) is 1.81. The summed E-state index contributed by atoms with van der Waals surface area (Å²) in [6.45, 7) is 4.05. The Morgan fingerprint density at radius 2 is 1.94 bits per heavy atom. The number of nitrogens with one attached hydrogen (secondary N) is 1. The lowest BCUT2D eigenvalue weighted by Gasteiger charge is -2.16. The molecule has 0 unspecified atom stereocenters. The lowest BCUT2D eigenvalue weighted by atomic mass is 10.4. The Labute approximate surface area is 99.1 Å². The summed E-state index contributed by atoms with van der Waals surface area (Å²) in [5.41, 5.74) is 0. The van der Waals surface area contributed by atoms with E-state index in [4.69, 9.17) is 4.74 Å². The van der Waals surface area contributed by atoms with Crippen LogP contribution in [0.1, 0.15) is 6.42 Å². The molecule has 0 aromatic heterocycles. The number of hydrogen-bond acceptors (Lipinski definition) is 5. The number of rotatable bonds is 10. The standard InChI is InChI=1S/C10H24N2O3S/c1-12(8-10-16(3,13)14)7-6-11-5-4-9-15-2/h11H,4-10H2,1-3H3. The minimum Gasteiger partial charge on any atom is -0.385 e. The first-order valence-electron chi connectivity index (χ1n) is 5.51. The van der Waals surface area contributed by atoms with Crippen LogP contribution in [0.4, 0.5) is 0 Å². The molecule has 0 aliphatic heterocycles. The average molecular weight is 252 g/mol. The van der Waals surface area contributed by atoms with E-state index in [2.05, 4.69) is 5.32 Å². The average Bonchev–Trinajstić information content (AvgIpc) is 2.19. The van der Waals surface area contributed by atoms with Crippen molar-refractivity contribution in [3.63, 3.8) is 0 Å². The quantitative estimate of drug-likeness (QED) is 0.536. The Morgan fingerprint density at radius 3 is 2.50 bits per heavy atom. The molecule has 0 rings (SSSR count). The van der Waals surface area contributed by atoms with E-state index < -0.39 is 9.84 Å². The largest absolute Gasteiger partial charge is 0.385 e. The van der Waals surface area contributed by atoms with Crippen molar-refractivity contribution in [2.45, 2.75) is 6.42 Å². The first kappa shape index (κ1) is 15.8. The molecule has 0 aromatic carbocycles. The summed E-state index contributed by atoms with van der Waals surface area (Å²) < 4.78 is 26.8. The molecular weight excluding hydrogens is 228 g/mol. The summed E-state index contributed by atoms with van der Waals surface area (Å²) in [5.74, 6) is 0.229. The van der Waals surface area contributed by atoms with Gasteiger partial charge in [-0.05, 0) is 20.0 Å². The number of ether oxygens (including phenoxy) is 1. The lowest BCUT2D eigenvalue weighted by Crippen LogP contribution is -2.33. The minimum atomic E-state index is -2.84. The molecule has 1 N–H and O–H groups in total. The molecule has 6 heteroatoms. The maximum atomic E-state index is 10.9. The van der Waals surface area contributed by atoms with Gasteiger partial charge in [0.05, 0.1) is 5.75 Å². The van der Waals surface area contributed by atoms with Gasteiger partial charge < -0.3 is 15.0 Å². The summed E-state index contributed by atoms with van der Waals surface area (Å²) in [5, 5.41) is 3.28. The molecule has 0 atom stereocenters. The molecule has 16 heavy (non-hydrogen) atoms. The first-order chi connectivity index (χ1) is 7.45. The number of nitrogens with zero attached hydrogens (tertiary/aromatic N) is 1. The second kappa shape index (κ2) is 8.92. The van der Waals surface area contributed by atoms with Crippen molar-refractivity contribution in [3.05, 3.63) is 0 Å². The molecule has 0 aliphatic carbocycles. The van der Waals surface area contributed by atoms with Crippen LogP contribution in [0.25, 0.3) is 0 Å². The second-order valence-corrected chi connectivity index (χ2v) is 6.29. The van der Waals surface area contributed by atoms with Gasteiger partial charge in [-0.1, -0.05) is 0 Å². The van der Waals surface area contributed by atoms with Crippen molar-refractivity contribution in [2.24, 2.45) is 0 Å². The topological polar surface area (TPSA) is 58.6 Å². The Morgan fingerprint density at radius 1 is 1.25 bits per heavy atom. The van der Waals surface area contributed by atoms with Crippen molar-refractivity contribution in [1.29, 1.82) is 0 Å². The zero-order valence-electron chi connectivity index (χ0n) is 10.5. The molecule has 0 heterocycles. The fraction of sp³-hybridized carbons (Fsp3) is 1.00. The minimum absolute atomic E-state index is 0.229. The van der Waals surface area contributed by atoms with E-state index in [-0.39, 0.29) is 5.75 Å². The van der Waals surface area contributed by atoms with Crippen molar-refractivity contribution in [1.82, 2.24) is 10.2 Å². The Hall–Kier alpha value is -0.170. The summed E-state index contributed by atoms with van der Waals surface area (Å²) in [6, 6.07) is 0. The number of hydrogen-bond donors (Lipinski definition) is 1. The van der Waals surface area contributed by atoms with E-state index in [0.29, 0.717) is 6.54 Å². The van der Waals surface area contributed by atoms with Crippen LogP contribution in [0, 0.1) is 0 Å². The molecule has 0 amide bonds. The van der Waals surface area contributed by atoms with E-state index >= 15 is 0 Å². The molecule has 0 radical (unpaired) electrons. The molecule has 0 spiro atoms. The zero-order valence-corrected chi connectivity index (χ0v) is 11.3. The van der Waals surface area contributed by atoms with E-state index in [0.717, 1.165) is 32.7 Å². The summed E-state index contributed by atoms with van der Waals surface area (Å²) in [7, 11) is 0.786. The molecule has 0 fully saturated rings. The molecule has 0 bridgehead atoms. The molecule has 0 aliphatic rings. The Bertz CT molecular complexity index is 255. The molecule has 5 nitrogen and oxygen atoms in total. The van der Waals surface area contributed by atoms with E-state index in [1.165, 1.54) is 6.26 Å². The number of likely N-dealkylation sites (N-methyl/N-ethyl adjacent to an activating group) is 1. The molecule has 0 aromatic rings. The normalized spacial score (nSPS) is 12.2. The summed E-state index contributed by atoms with van der Waals surface area (Å²) in [6.07, 6.45) is 2.27. The highest BCUT2D eigenvalue weighted by atomic mass is 32.2. The molecular formula is C10H24N2O3S. The third-order valence-corrected chi connectivity index (χ3v) is 3.14. The van der Waals surface area contributed by atoms with E-state index in [1.54, 1.807) is 7.11 Å². The monoisotopic (exact) mass is 252 g/mol. The summed E-state index contributed by atoms with van der Waals surface area (Å²) >= 11 is 0. The molecule has 0 saturated heterocycles. The highest BCUT2D eigenvalue weighted by Gasteiger charge is 2.04. The van der Waals surface area contributed by atoms with Crippen molar-refractivity contribution >= 4 is 9.84 Å². The third kappa shape index (κ3) is 11.9. The van der Waals surface area contributed by atoms with E-state index in [1.807, 2.05) is 11.9 Å². The van der Waals surface area contributed by atoms with Crippen LogP contribution in [-0.2, 0) is 14.6 Å². The van der Waals surface area contributed by atoms with Gasteiger partial charge in [0.25, 0.3) is 0 Å². The maximum Gasteiger partial charge on any atom is 0.148 e. The van der Waals surface area contributed by atoms with Crippen LogP contribution in [0.5, 0.6) is 0 Å². The van der Waals surface area contributed by atoms with Crippen molar-refractivity contribution in [2.75, 3.05) is 59.0 Å². The SMILES string of the molecule is COCCCNCCN(C)CCS(C)(=O)=O. The highest BCUT2D eigenvalue weighted by Crippen LogP contribution is 1.87. The van der Waals surface area contributed by atoms with Gasteiger partial charge in [-0.3, -0.25) is 0 Å². The fourth-order valence-electron chi connectivity index (χ4n) is 1.17.